The van der Waals surface area contributed by atoms with Crippen molar-refractivity contribution in [1.29, 1.82) is 0 Å². The molecule has 2 aromatic heterocycles. The monoisotopic (exact) mass is 350 g/mol. The molecule has 0 fully saturated rings. The highest BCUT2D eigenvalue weighted by Crippen LogP contribution is 2.15. The second-order valence-electron chi connectivity index (χ2n) is 6.35. The lowest BCUT2D eigenvalue weighted by atomic mass is 10.1. The molecular formula is C18H18N6O2. The van der Waals surface area contributed by atoms with Crippen LogP contribution in [-0.2, 0) is 26.6 Å². The Hall–Kier alpha value is -3.29. The van der Waals surface area contributed by atoms with Crippen LogP contribution in [0, 0.1) is 0 Å². The van der Waals surface area contributed by atoms with Crippen molar-refractivity contribution < 1.29 is 4.79 Å². The lowest BCUT2D eigenvalue weighted by Gasteiger charge is -2.27. The molecule has 0 saturated carbocycles. The molecule has 0 N–H and O–H groups in total. The lowest BCUT2D eigenvalue weighted by molar-refractivity contribution is 0.0725. The fraction of sp³-hybridized carbons (Fsp3) is 0.278. The van der Waals surface area contributed by atoms with Gasteiger partial charge < -0.3 is 9.47 Å². The topological polar surface area (TPSA) is 85.9 Å². The average Bonchev–Trinajstić information content (AvgIpc) is 3.13. The first-order valence-corrected chi connectivity index (χ1v) is 8.38. The number of hydrogen-bond acceptors (Lipinski definition) is 5. The highest BCUT2D eigenvalue weighted by atomic mass is 16.2. The van der Waals surface area contributed by atoms with Gasteiger partial charge in [-0.25, -0.2) is 9.67 Å². The third-order valence-electron chi connectivity index (χ3n) is 4.52. The molecule has 0 aliphatic carbocycles. The summed E-state index contributed by atoms with van der Waals surface area (Å²) in [5.74, 6) is -0.197. The second kappa shape index (κ2) is 6.55. The van der Waals surface area contributed by atoms with Gasteiger partial charge in [-0.05, 0) is 12.0 Å². The SMILES string of the molecule is Cn1cnc2c(c1=O)CCN(C(=O)c1cn(Cc3ccccc3)nn1)C2. The minimum atomic E-state index is -0.197. The van der Waals surface area contributed by atoms with Crippen molar-refractivity contribution >= 4 is 5.91 Å². The van der Waals surface area contributed by atoms with Crippen molar-refractivity contribution in [2.24, 2.45) is 7.05 Å². The van der Waals surface area contributed by atoms with E-state index in [1.165, 1.54) is 10.9 Å². The molecule has 1 amide bonds. The van der Waals surface area contributed by atoms with Crippen LogP contribution >= 0.6 is 0 Å². The van der Waals surface area contributed by atoms with E-state index >= 15 is 0 Å². The van der Waals surface area contributed by atoms with E-state index in [-0.39, 0.29) is 11.5 Å². The molecule has 0 atom stereocenters. The average molecular weight is 350 g/mol. The molecule has 0 radical (unpaired) electrons. The van der Waals surface area contributed by atoms with Gasteiger partial charge >= 0.3 is 0 Å². The normalized spacial score (nSPS) is 13.5. The Kier molecular flexibility index (Phi) is 4.08. The number of amides is 1. The number of fused-ring (bicyclic) bond motifs is 1. The summed E-state index contributed by atoms with van der Waals surface area (Å²) in [7, 11) is 1.68. The zero-order valence-electron chi connectivity index (χ0n) is 14.4. The first-order chi connectivity index (χ1) is 12.6. The molecule has 4 rings (SSSR count). The Morgan fingerprint density at radius 2 is 2.04 bits per heavy atom. The minimum absolute atomic E-state index is 0.0455. The maximum atomic E-state index is 12.7. The summed E-state index contributed by atoms with van der Waals surface area (Å²) in [6, 6.07) is 9.87. The number of aryl methyl sites for hydroxylation is 1. The predicted octanol–water partition coefficient (Wildman–Crippen LogP) is 0.619. The molecule has 0 unspecified atom stereocenters. The molecule has 1 aromatic carbocycles. The molecule has 3 heterocycles. The number of rotatable bonds is 3. The van der Waals surface area contributed by atoms with E-state index < -0.39 is 0 Å². The largest absolute Gasteiger partial charge is 0.331 e. The molecule has 132 valence electrons. The predicted molar refractivity (Wildman–Crippen MR) is 93.5 cm³/mol. The molecule has 0 spiro atoms. The van der Waals surface area contributed by atoms with Gasteiger partial charge in [0.15, 0.2) is 5.69 Å². The highest BCUT2D eigenvalue weighted by Gasteiger charge is 2.26. The van der Waals surface area contributed by atoms with E-state index in [1.54, 1.807) is 22.8 Å². The molecule has 0 bridgehead atoms. The summed E-state index contributed by atoms with van der Waals surface area (Å²) in [6.45, 7) is 1.34. The molecule has 26 heavy (non-hydrogen) atoms. The van der Waals surface area contributed by atoms with Gasteiger partial charge in [-0.2, -0.15) is 0 Å². The molecule has 1 aliphatic rings. The molecule has 3 aromatic rings. The molecule has 8 heteroatoms. The maximum Gasteiger partial charge on any atom is 0.276 e. The van der Waals surface area contributed by atoms with Gasteiger partial charge in [0.25, 0.3) is 11.5 Å². The van der Waals surface area contributed by atoms with Crippen molar-refractivity contribution in [3.8, 4) is 0 Å². The number of carbonyl (C=O) groups is 1. The smallest absolute Gasteiger partial charge is 0.276 e. The Balaban J connectivity index is 1.50. The number of benzene rings is 1. The van der Waals surface area contributed by atoms with Crippen LogP contribution in [0.4, 0.5) is 0 Å². The Bertz CT molecular complexity index is 1010. The number of carbonyl (C=O) groups excluding carboxylic acids is 1. The van der Waals surface area contributed by atoms with Crippen LogP contribution in [0.3, 0.4) is 0 Å². The van der Waals surface area contributed by atoms with Crippen LogP contribution in [0.1, 0.15) is 27.3 Å². The van der Waals surface area contributed by atoms with Crippen LogP contribution in [0.15, 0.2) is 47.7 Å². The van der Waals surface area contributed by atoms with Gasteiger partial charge in [0.2, 0.25) is 0 Å². The minimum Gasteiger partial charge on any atom is -0.331 e. The zero-order valence-corrected chi connectivity index (χ0v) is 14.4. The zero-order chi connectivity index (χ0) is 18.1. The number of nitrogens with zero attached hydrogens (tertiary/aromatic N) is 6. The van der Waals surface area contributed by atoms with Crippen molar-refractivity contribution in [3.63, 3.8) is 0 Å². The second-order valence-corrected chi connectivity index (χ2v) is 6.35. The van der Waals surface area contributed by atoms with E-state index in [4.69, 9.17) is 0 Å². The van der Waals surface area contributed by atoms with Crippen LogP contribution in [0.2, 0.25) is 0 Å². The third-order valence-corrected chi connectivity index (χ3v) is 4.52. The van der Waals surface area contributed by atoms with Crippen LogP contribution in [0.25, 0.3) is 0 Å². The van der Waals surface area contributed by atoms with Gasteiger partial charge in [0.05, 0.1) is 31.3 Å². The number of hydrogen-bond donors (Lipinski definition) is 0. The van der Waals surface area contributed by atoms with Crippen molar-refractivity contribution in [1.82, 2.24) is 29.4 Å². The van der Waals surface area contributed by atoms with Crippen molar-refractivity contribution in [3.05, 3.63) is 75.7 Å². The van der Waals surface area contributed by atoms with Crippen LogP contribution in [-0.4, -0.2) is 41.9 Å². The van der Waals surface area contributed by atoms with Crippen LogP contribution < -0.4 is 5.56 Å². The van der Waals surface area contributed by atoms with E-state index in [0.717, 1.165) is 5.56 Å². The quantitative estimate of drug-likeness (QED) is 0.691. The van der Waals surface area contributed by atoms with E-state index in [1.807, 2.05) is 30.3 Å². The van der Waals surface area contributed by atoms with Gasteiger partial charge in [-0.1, -0.05) is 35.5 Å². The summed E-state index contributed by atoms with van der Waals surface area (Å²) in [6.07, 6.45) is 3.65. The standard InChI is InChI=1S/C18H18N6O2/c1-22-12-19-15-10-23(8-7-14(15)17(22)25)18(26)16-11-24(21-20-16)9-13-5-3-2-4-6-13/h2-6,11-12H,7-10H2,1H3. The Morgan fingerprint density at radius 3 is 2.85 bits per heavy atom. The Morgan fingerprint density at radius 1 is 1.23 bits per heavy atom. The summed E-state index contributed by atoms with van der Waals surface area (Å²) >= 11 is 0. The van der Waals surface area contributed by atoms with E-state index in [9.17, 15) is 9.59 Å². The van der Waals surface area contributed by atoms with E-state index in [2.05, 4.69) is 15.3 Å². The molecule has 8 nitrogen and oxygen atoms in total. The van der Waals surface area contributed by atoms with Crippen LogP contribution in [0.5, 0.6) is 0 Å². The summed E-state index contributed by atoms with van der Waals surface area (Å²) in [4.78, 5) is 30.8. The highest BCUT2D eigenvalue weighted by molar-refractivity contribution is 5.92. The summed E-state index contributed by atoms with van der Waals surface area (Å²) in [5, 5.41) is 8.06. The molecule has 0 saturated heterocycles. The van der Waals surface area contributed by atoms with Crippen molar-refractivity contribution in [2.45, 2.75) is 19.5 Å². The third kappa shape index (κ3) is 3.01. The summed E-state index contributed by atoms with van der Waals surface area (Å²) < 4.78 is 3.11. The fourth-order valence-electron chi connectivity index (χ4n) is 3.10. The number of aromatic nitrogens is 5. The lowest BCUT2D eigenvalue weighted by Crippen LogP contribution is -2.40. The first kappa shape index (κ1) is 16.2. The van der Waals surface area contributed by atoms with Gasteiger partial charge in [-0.15, -0.1) is 5.10 Å². The fourth-order valence-corrected chi connectivity index (χ4v) is 3.10. The van der Waals surface area contributed by atoms with Gasteiger partial charge in [0, 0.05) is 19.2 Å². The van der Waals surface area contributed by atoms with E-state index in [0.29, 0.717) is 43.0 Å². The Labute approximate surface area is 149 Å². The summed E-state index contributed by atoms with van der Waals surface area (Å²) in [5.41, 5.74) is 2.68. The molecule has 1 aliphatic heterocycles. The van der Waals surface area contributed by atoms with Gasteiger partial charge in [-0.3, -0.25) is 9.59 Å². The maximum absolute atomic E-state index is 12.7. The van der Waals surface area contributed by atoms with Crippen molar-refractivity contribution in [2.75, 3.05) is 6.54 Å². The first-order valence-electron chi connectivity index (χ1n) is 8.38. The van der Waals surface area contributed by atoms with Gasteiger partial charge in [0.1, 0.15) is 0 Å². The molecular weight excluding hydrogens is 332 g/mol.